The van der Waals surface area contributed by atoms with E-state index in [0.717, 1.165) is 51.4 Å². The van der Waals surface area contributed by atoms with Gasteiger partial charge in [0.2, 0.25) is 0 Å². The Balaban J connectivity index is 0.00000306. The molecule has 0 spiro atoms. The number of rotatable bonds is 6. The molecule has 0 bridgehead atoms. The Bertz CT molecular complexity index is 690. The number of carbonyl (C=O) groups is 1. The zero-order valence-electron chi connectivity index (χ0n) is 20.1. The van der Waals surface area contributed by atoms with Crippen LogP contribution >= 0.6 is 0 Å². The van der Waals surface area contributed by atoms with Crippen molar-refractivity contribution < 1.29 is 30.0 Å². The standard InChI is InChI=1S/C26H44O6.Na.H/c1-15(4-7-23(31)32-11-10-27)18-5-6-19-24-20(14-22(30)26(18,19)3)25(2)9-8-17(28)12-16(25)13-21(24)29;;/h15-22,24,27-30H,4-14H2,1-3H3;;/t15-,16+,17-,18-,19+,20+,21-,22+,24+,25+,26-;;/m1../s1. The molecule has 186 valence electrons. The summed E-state index contributed by atoms with van der Waals surface area (Å²) < 4.78 is 5.02. The van der Waals surface area contributed by atoms with Gasteiger partial charge in [-0.15, -0.1) is 0 Å². The van der Waals surface area contributed by atoms with Crippen LogP contribution in [0.5, 0.6) is 0 Å². The van der Waals surface area contributed by atoms with E-state index in [-0.39, 0.29) is 83.6 Å². The van der Waals surface area contributed by atoms with Crippen LogP contribution < -0.4 is 0 Å². The van der Waals surface area contributed by atoms with Crippen LogP contribution in [0.4, 0.5) is 0 Å². The fraction of sp³-hybridized carbons (Fsp3) is 0.962. The summed E-state index contributed by atoms with van der Waals surface area (Å²) in [6.07, 6.45) is 6.20. The van der Waals surface area contributed by atoms with Gasteiger partial charge in [0.1, 0.15) is 6.61 Å². The van der Waals surface area contributed by atoms with Gasteiger partial charge in [0, 0.05) is 6.42 Å². The number of aliphatic hydroxyl groups excluding tert-OH is 4. The first kappa shape index (κ1) is 27.9. The summed E-state index contributed by atoms with van der Waals surface area (Å²) in [5, 5.41) is 42.0. The van der Waals surface area contributed by atoms with E-state index in [1.165, 1.54) is 0 Å². The van der Waals surface area contributed by atoms with Crippen LogP contribution in [0, 0.1) is 46.3 Å². The van der Waals surface area contributed by atoms with E-state index in [1.807, 2.05) is 0 Å². The zero-order valence-corrected chi connectivity index (χ0v) is 20.1. The predicted octanol–water partition coefficient (Wildman–Crippen LogP) is 2.25. The van der Waals surface area contributed by atoms with E-state index in [2.05, 4.69) is 20.8 Å². The minimum absolute atomic E-state index is 0. The molecule has 0 aromatic heterocycles. The molecule has 4 saturated carbocycles. The van der Waals surface area contributed by atoms with Gasteiger partial charge in [0.05, 0.1) is 24.9 Å². The van der Waals surface area contributed by atoms with Crippen molar-refractivity contribution >= 4 is 35.5 Å². The van der Waals surface area contributed by atoms with Gasteiger partial charge in [0.15, 0.2) is 0 Å². The summed E-state index contributed by atoms with van der Waals surface area (Å²) in [5.74, 6) is 1.48. The van der Waals surface area contributed by atoms with Crippen LogP contribution in [-0.2, 0) is 9.53 Å². The molecule has 0 radical (unpaired) electrons. The molecule has 11 atom stereocenters. The number of ether oxygens (including phenoxy) is 1. The number of aliphatic hydroxyl groups is 4. The molecule has 7 heteroatoms. The van der Waals surface area contributed by atoms with Crippen LogP contribution in [0.3, 0.4) is 0 Å². The molecule has 0 aromatic carbocycles. The molecule has 33 heavy (non-hydrogen) atoms. The van der Waals surface area contributed by atoms with Crippen molar-refractivity contribution in [3.63, 3.8) is 0 Å². The third-order valence-corrected chi connectivity index (χ3v) is 10.7. The average molecular weight is 477 g/mol. The van der Waals surface area contributed by atoms with Crippen LogP contribution in [0.25, 0.3) is 0 Å². The molecule has 4 aliphatic carbocycles. The van der Waals surface area contributed by atoms with E-state index in [0.29, 0.717) is 30.1 Å². The second-order valence-electron chi connectivity index (χ2n) is 12.0. The Hall–Kier alpha value is 0.310. The van der Waals surface area contributed by atoms with E-state index in [1.54, 1.807) is 0 Å². The van der Waals surface area contributed by atoms with Gasteiger partial charge in [-0.3, -0.25) is 4.79 Å². The van der Waals surface area contributed by atoms with Crippen LogP contribution in [0.1, 0.15) is 78.6 Å². The fourth-order valence-electron chi connectivity index (χ4n) is 8.91. The second-order valence-corrected chi connectivity index (χ2v) is 12.0. The monoisotopic (exact) mass is 476 g/mol. The number of fused-ring (bicyclic) bond motifs is 5. The van der Waals surface area contributed by atoms with Gasteiger partial charge in [0.25, 0.3) is 0 Å². The Morgan fingerprint density at radius 1 is 1.06 bits per heavy atom. The van der Waals surface area contributed by atoms with Crippen molar-refractivity contribution in [2.24, 2.45) is 46.3 Å². The molecule has 0 amide bonds. The number of hydrogen-bond donors (Lipinski definition) is 4. The molecule has 4 fully saturated rings. The molecule has 0 aromatic rings. The van der Waals surface area contributed by atoms with Crippen LogP contribution in [-0.4, -0.2) is 87.5 Å². The molecular formula is C26H45NaO6. The minimum atomic E-state index is -0.403. The van der Waals surface area contributed by atoms with Gasteiger partial charge >= 0.3 is 35.5 Å². The summed E-state index contributed by atoms with van der Waals surface area (Å²) in [6, 6.07) is 0. The van der Waals surface area contributed by atoms with E-state index < -0.39 is 6.10 Å². The van der Waals surface area contributed by atoms with Crippen molar-refractivity contribution in [2.45, 2.75) is 96.9 Å². The summed E-state index contributed by atoms with van der Waals surface area (Å²) in [7, 11) is 0. The van der Waals surface area contributed by atoms with E-state index in [9.17, 15) is 20.1 Å². The fourth-order valence-corrected chi connectivity index (χ4v) is 8.91. The summed E-state index contributed by atoms with van der Waals surface area (Å²) >= 11 is 0. The Labute approximate surface area is 221 Å². The van der Waals surface area contributed by atoms with Gasteiger partial charge in [-0.25, -0.2) is 0 Å². The molecule has 4 rings (SSSR count). The quantitative estimate of drug-likeness (QED) is 0.346. The number of esters is 1. The van der Waals surface area contributed by atoms with E-state index >= 15 is 0 Å². The molecule has 0 heterocycles. The van der Waals surface area contributed by atoms with Gasteiger partial charge in [-0.1, -0.05) is 20.8 Å². The van der Waals surface area contributed by atoms with Gasteiger partial charge in [-0.2, -0.15) is 0 Å². The van der Waals surface area contributed by atoms with Crippen molar-refractivity contribution in [1.29, 1.82) is 0 Å². The molecule has 0 unspecified atom stereocenters. The first-order valence-corrected chi connectivity index (χ1v) is 12.9. The van der Waals surface area contributed by atoms with Crippen molar-refractivity contribution in [3.8, 4) is 0 Å². The van der Waals surface area contributed by atoms with Crippen molar-refractivity contribution in [3.05, 3.63) is 0 Å². The van der Waals surface area contributed by atoms with E-state index in [4.69, 9.17) is 9.84 Å². The first-order valence-electron chi connectivity index (χ1n) is 12.9. The number of carbonyl (C=O) groups excluding carboxylic acids is 1. The summed E-state index contributed by atoms with van der Waals surface area (Å²) in [6.45, 7) is 6.68. The zero-order chi connectivity index (χ0) is 23.3. The SMILES string of the molecule is C[C@H](CCC(=O)OCCO)[C@H]1CC[C@H]2[C@@H]3[C@H](O)C[C@@H]4C[C@H](O)CC[C@]4(C)[C@H]3C[C@H](O)[C@]12C.[NaH]. The topological polar surface area (TPSA) is 107 Å². The van der Waals surface area contributed by atoms with Gasteiger partial charge < -0.3 is 25.2 Å². The van der Waals surface area contributed by atoms with Crippen molar-refractivity contribution in [1.82, 2.24) is 0 Å². The maximum absolute atomic E-state index is 11.9. The summed E-state index contributed by atoms with van der Waals surface area (Å²) in [4.78, 5) is 11.9. The molecule has 0 saturated heterocycles. The molecular weight excluding hydrogens is 431 g/mol. The molecule has 0 aliphatic heterocycles. The van der Waals surface area contributed by atoms with Gasteiger partial charge in [-0.05, 0) is 97.7 Å². The predicted molar refractivity (Wildman–Crippen MR) is 128 cm³/mol. The third kappa shape index (κ3) is 4.84. The normalized spacial score (nSPS) is 47.5. The Kier molecular flexibility index (Phi) is 9.08. The Morgan fingerprint density at radius 3 is 2.48 bits per heavy atom. The maximum atomic E-state index is 11.9. The molecule has 6 nitrogen and oxygen atoms in total. The third-order valence-electron chi connectivity index (χ3n) is 10.7. The molecule has 4 aliphatic rings. The molecule has 4 N–H and O–H groups in total. The Morgan fingerprint density at radius 2 is 1.79 bits per heavy atom. The second kappa shape index (κ2) is 10.7. The van der Waals surface area contributed by atoms with Crippen molar-refractivity contribution in [2.75, 3.05) is 13.2 Å². The number of hydrogen-bond acceptors (Lipinski definition) is 6. The summed E-state index contributed by atoms with van der Waals surface area (Å²) in [5.41, 5.74) is -0.153. The van der Waals surface area contributed by atoms with Crippen LogP contribution in [0.2, 0.25) is 0 Å². The van der Waals surface area contributed by atoms with Crippen LogP contribution in [0.15, 0.2) is 0 Å². The average Bonchev–Trinajstić information content (AvgIpc) is 3.11. The first-order chi connectivity index (χ1) is 15.1.